The highest BCUT2D eigenvalue weighted by atomic mass is 16.7. The second-order valence-corrected chi connectivity index (χ2v) is 4.71. The third-order valence-electron chi connectivity index (χ3n) is 3.55. The summed E-state index contributed by atoms with van der Waals surface area (Å²) in [4.78, 5) is 24.2. The van der Waals surface area contributed by atoms with E-state index in [2.05, 4.69) is 6.92 Å². The van der Waals surface area contributed by atoms with Crippen molar-refractivity contribution in [3.05, 3.63) is 0 Å². The van der Waals surface area contributed by atoms with Crippen molar-refractivity contribution in [1.82, 2.24) is 0 Å². The summed E-state index contributed by atoms with van der Waals surface area (Å²) in [6, 6.07) is 0. The van der Waals surface area contributed by atoms with Crippen LogP contribution < -0.4 is 0 Å². The highest BCUT2D eigenvalue weighted by molar-refractivity contribution is 6.04. The summed E-state index contributed by atoms with van der Waals surface area (Å²) < 4.78 is 10.6. The Morgan fingerprint density at radius 2 is 1.89 bits per heavy atom. The van der Waals surface area contributed by atoms with Gasteiger partial charge in [0.05, 0.1) is 5.92 Å². The van der Waals surface area contributed by atoms with Gasteiger partial charge in [-0.2, -0.15) is 0 Å². The molecule has 2 atom stereocenters. The maximum Gasteiger partial charge on any atom is 0.218 e. The van der Waals surface area contributed by atoms with Crippen molar-refractivity contribution in [3.63, 3.8) is 0 Å². The van der Waals surface area contributed by atoms with Gasteiger partial charge in [-0.25, -0.2) is 0 Å². The number of ketones is 2. The lowest BCUT2D eigenvalue weighted by molar-refractivity contribution is -0.174. The van der Waals surface area contributed by atoms with Gasteiger partial charge in [-0.15, -0.1) is 0 Å². The zero-order valence-corrected chi connectivity index (χ0v) is 11.6. The highest BCUT2D eigenvalue weighted by Gasteiger charge is 2.37. The van der Waals surface area contributed by atoms with E-state index in [1.54, 1.807) is 0 Å². The van der Waals surface area contributed by atoms with Gasteiger partial charge in [-0.1, -0.05) is 13.3 Å². The van der Waals surface area contributed by atoms with Gasteiger partial charge in [0.2, 0.25) is 6.29 Å². The van der Waals surface area contributed by atoms with Crippen molar-refractivity contribution < 1.29 is 19.1 Å². The predicted molar refractivity (Wildman–Crippen MR) is 68.2 cm³/mol. The van der Waals surface area contributed by atoms with Crippen LogP contribution in [-0.4, -0.2) is 31.1 Å². The summed E-state index contributed by atoms with van der Waals surface area (Å²) in [5.74, 6) is -0.191. The number of carbonyl (C=O) groups excluding carboxylic acids is 2. The molecule has 1 saturated carbocycles. The Kier molecular flexibility index (Phi) is 6.50. The van der Waals surface area contributed by atoms with E-state index < -0.39 is 12.2 Å². The molecule has 4 heteroatoms. The summed E-state index contributed by atoms with van der Waals surface area (Å²) in [5, 5.41) is 0. The van der Waals surface area contributed by atoms with Crippen molar-refractivity contribution in [2.75, 3.05) is 13.2 Å². The number of rotatable bonds is 7. The Bertz CT molecular complexity index is 282. The standard InChI is InChI=1S/C14H24O4/c1-4-10-7-8-12(15)11(9-10)13(16)14(17-5-2)18-6-3/h10-11,14H,4-9H2,1-3H3. The van der Waals surface area contributed by atoms with E-state index in [0.717, 1.165) is 12.8 Å². The highest BCUT2D eigenvalue weighted by Crippen LogP contribution is 2.30. The molecule has 104 valence electrons. The molecule has 4 nitrogen and oxygen atoms in total. The number of Topliss-reactive ketones (excluding diaryl/α,β-unsaturated/α-hetero) is 2. The Hall–Kier alpha value is -0.740. The lowest BCUT2D eigenvalue weighted by Gasteiger charge is -2.28. The molecular formula is C14H24O4. The van der Waals surface area contributed by atoms with Crippen molar-refractivity contribution in [3.8, 4) is 0 Å². The van der Waals surface area contributed by atoms with E-state index in [1.165, 1.54) is 0 Å². The molecule has 0 saturated heterocycles. The van der Waals surface area contributed by atoms with Crippen LogP contribution in [0.3, 0.4) is 0 Å². The molecule has 1 rings (SSSR count). The maximum absolute atomic E-state index is 12.3. The van der Waals surface area contributed by atoms with Crippen molar-refractivity contribution in [1.29, 1.82) is 0 Å². The van der Waals surface area contributed by atoms with Gasteiger partial charge in [0.25, 0.3) is 0 Å². The van der Waals surface area contributed by atoms with E-state index in [9.17, 15) is 9.59 Å². The molecule has 0 bridgehead atoms. The first-order chi connectivity index (χ1) is 8.63. The van der Waals surface area contributed by atoms with Crippen molar-refractivity contribution in [2.24, 2.45) is 11.8 Å². The van der Waals surface area contributed by atoms with Crippen molar-refractivity contribution >= 4 is 11.6 Å². The van der Waals surface area contributed by atoms with E-state index >= 15 is 0 Å². The Balaban J connectivity index is 2.68. The number of hydrogen-bond donors (Lipinski definition) is 0. The van der Waals surface area contributed by atoms with Crippen LogP contribution in [0.15, 0.2) is 0 Å². The van der Waals surface area contributed by atoms with Gasteiger partial charge in [-0.05, 0) is 32.6 Å². The average molecular weight is 256 g/mol. The Morgan fingerprint density at radius 3 is 2.39 bits per heavy atom. The Labute approximate surface area is 109 Å². The van der Waals surface area contributed by atoms with Crippen molar-refractivity contribution in [2.45, 2.75) is 52.7 Å². The lowest BCUT2D eigenvalue weighted by Crippen LogP contribution is -2.40. The van der Waals surface area contributed by atoms with Crippen LogP contribution >= 0.6 is 0 Å². The summed E-state index contributed by atoms with van der Waals surface area (Å²) in [5.41, 5.74) is 0. The molecule has 0 aromatic heterocycles. The molecule has 0 aliphatic heterocycles. The maximum atomic E-state index is 12.3. The van der Waals surface area contributed by atoms with Crippen LogP contribution in [0.25, 0.3) is 0 Å². The van der Waals surface area contributed by atoms with Crippen LogP contribution in [0.1, 0.15) is 46.5 Å². The second-order valence-electron chi connectivity index (χ2n) is 4.71. The molecule has 1 fully saturated rings. The van der Waals surface area contributed by atoms with Gasteiger partial charge in [0.15, 0.2) is 5.78 Å². The molecule has 0 N–H and O–H groups in total. The van der Waals surface area contributed by atoms with Crippen LogP contribution in [0.5, 0.6) is 0 Å². The van der Waals surface area contributed by atoms with Gasteiger partial charge < -0.3 is 9.47 Å². The monoisotopic (exact) mass is 256 g/mol. The SMILES string of the molecule is CCOC(OCC)C(=O)C1CC(CC)CCC1=O. The summed E-state index contributed by atoms with van der Waals surface area (Å²) >= 11 is 0. The third-order valence-corrected chi connectivity index (χ3v) is 3.55. The topological polar surface area (TPSA) is 52.6 Å². The van der Waals surface area contributed by atoms with Crippen LogP contribution in [0.4, 0.5) is 0 Å². The van der Waals surface area contributed by atoms with E-state index in [-0.39, 0.29) is 11.6 Å². The first kappa shape index (κ1) is 15.3. The molecule has 0 heterocycles. The molecule has 0 amide bonds. The molecule has 18 heavy (non-hydrogen) atoms. The molecule has 2 unspecified atom stereocenters. The Morgan fingerprint density at radius 1 is 1.28 bits per heavy atom. The minimum atomic E-state index is -0.871. The second kappa shape index (κ2) is 7.64. The van der Waals surface area contributed by atoms with Crippen LogP contribution in [0, 0.1) is 11.8 Å². The fraction of sp³-hybridized carbons (Fsp3) is 0.857. The minimum Gasteiger partial charge on any atom is -0.346 e. The first-order valence-electron chi connectivity index (χ1n) is 6.93. The number of carbonyl (C=O) groups is 2. The summed E-state index contributed by atoms with van der Waals surface area (Å²) in [6.45, 7) is 6.56. The third kappa shape index (κ3) is 3.89. The molecule has 0 spiro atoms. The molecule has 1 aliphatic rings. The van der Waals surface area contributed by atoms with Crippen LogP contribution in [-0.2, 0) is 19.1 Å². The number of hydrogen-bond acceptors (Lipinski definition) is 4. The summed E-state index contributed by atoms with van der Waals surface area (Å²) in [7, 11) is 0. The van der Waals surface area contributed by atoms with E-state index in [1.807, 2.05) is 13.8 Å². The molecule has 0 aromatic rings. The molecular weight excluding hydrogens is 232 g/mol. The zero-order chi connectivity index (χ0) is 13.5. The van der Waals surface area contributed by atoms with Gasteiger partial charge in [0, 0.05) is 19.6 Å². The summed E-state index contributed by atoms with van der Waals surface area (Å²) in [6.07, 6.45) is 2.23. The number of ether oxygens (including phenoxy) is 2. The fourth-order valence-corrected chi connectivity index (χ4v) is 2.43. The van der Waals surface area contributed by atoms with Gasteiger partial charge >= 0.3 is 0 Å². The quantitative estimate of drug-likeness (QED) is 0.518. The van der Waals surface area contributed by atoms with Crippen LogP contribution in [0.2, 0.25) is 0 Å². The zero-order valence-electron chi connectivity index (χ0n) is 11.6. The van der Waals surface area contributed by atoms with E-state index in [0.29, 0.717) is 32.0 Å². The predicted octanol–water partition coefficient (Wildman–Crippen LogP) is 2.35. The molecule has 0 radical (unpaired) electrons. The molecule has 0 aromatic carbocycles. The lowest BCUT2D eigenvalue weighted by atomic mass is 9.77. The first-order valence-corrected chi connectivity index (χ1v) is 6.93. The average Bonchev–Trinajstić information content (AvgIpc) is 2.38. The molecule has 1 aliphatic carbocycles. The largest absolute Gasteiger partial charge is 0.346 e. The van der Waals surface area contributed by atoms with Gasteiger partial charge in [-0.3, -0.25) is 9.59 Å². The normalized spacial score (nSPS) is 24.6. The smallest absolute Gasteiger partial charge is 0.218 e. The fourth-order valence-electron chi connectivity index (χ4n) is 2.43. The van der Waals surface area contributed by atoms with Gasteiger partial charge in [0.1, 0.15) is 5.78 Å². The minimum absolute atomic E-state index is 0.0501. The van der Waals surface area contributed by atoms with E-state index in [4.69, 9.17) is 9.47 Å².